The number of carbonyl (C=O) groups is 2. The van der Waals surface area contributed by atoms with Gasteiger partial charge in [0.15, 0.2) is 0 Å². The van der Waals surface area contributed by atoms with Gasteiger partial charge in [-0.2, -0.15) is 0 Å². The fourth-order valence-corrected chi connectivity index (χ4v) is 3.99. The molecule has 5 nitrogen and oxygen atoms in total. The number of nitrogens with zero attached hydrogens (tertiary/aromatic N) is 1. The molecule has 0 aromatic heterocycles. The van der Waals surface area contributed by atoms with Gasteiger partial charge in [-0.15, -0.1) is 0 Å². The SMILES string of the molecule is CCC[C@H](C(=O)NC1CCN(C(=O)c2ccc(OCC)cc2)CC1)c1ccccc1. The van der Waals surface area contributed by atoms with E-state index in [0.717, 1.165) is 37.0 Å². The Kier molecular flexibility index (Phi) is 7.89. The van der Waals surface area contributed by atoms with Gasteiger partial charge in [0.05, 0.1) is 12.5 Å². The zero-order valence-corrected chi connectivity index (χ0v) is 18.0. The summed E-state index contributed by atoms with van der Waals surface area (Å²) in [6.07, 6.45) is 3.36. The van der Waals surface area contributed by atoms with Crippen LogP contribution in [0.1, 0.15) is 61.4 Å². The molecule has 3 rings (SSSR count). The first-order valence-corrected chi connectivity index (χ1v) is 11.0. The van der Waals surface area contributed by atoms with Crippen LogP contribution < -0.4 is 10.1 Å². The minimum atomic E-state index is -0.111. The molecule has 1 saturated heterocycles. The highest BCUT2D eigenvalue weighted by Gasteiger charge is 2.27. The fraction of sp³-hybridized carbons (Fsp3) is 0.440. The lowest BCUT2D eigenvalue weighted by atomic mass is 9.92. The second kappa shape index (κ2) is 10.8. The van der Waals surface area contributed by atoms with Crippen molar-refractivity contribution >= 4 is 11.8 Å². The molecule has 1 aliphatic heterocycles. The summed E-state index contributed by atoms with van der Waals surface area (Å²) in [6, 6.07) is 17.4. The Morgan fingerprint density at radius 3 is 2.30 bits per heavy atom. The Labute approximate surface area is 179 Å². The number of amides is 2. The summed E-state index contributed by atoms with van der Waals surface area (Å²) in [5, 5.41) is 3.23. The lowest BCUT2D eigenvalue weighted by molar-refractivity contribution is -0.123. The summed E-state index contributed by atoms with van der Waals surface area (Å²) in [4.78, 5) is 27.6. The van der Waals surface area contributed by atoms with E-state index in [9.17, 15) is 9.59 Å². The van der Waals surface area contributed by atoms with Crippen molar-refractivity contribution in [3.63, 3.8) is 0 Å². The fourth-order valence-electron chi connectivity index (χ4n) is 3.99. The summed E-state index contributed by atoms with van der Waals surface area (Å²) < 4.78 is 5.44. The summed E-state index contributed by atoms with van der Waals surface area (Å²) in [6.45, 7) is 5.96. The summed E-state index contributed by atoms with van der Waals surface area (Å²) in [5.41, 5.74) is 1.74. The molecule has 1 heterocycles. The number of carbonyl (C=O) groups excluding carboxylic acids is 2. The highest BCUT2D eigenvalue weighted by molar-refractivity contribution is 5.94. The molecule has 5 heteroatoms. The van der Waals surface area contributed by atoms with Crippen molar-refractivity contribution < 1.29 is 14.3 Å². The largest absolute Gasteiger partial charge is 0.494 e. The van der Waals surface area contributed by atoms with E-state index in [-0.39, 0.29) is 23.8 Å². The van der Waals surface area contributed by atoms with Gasteiger partial charge >= 0.3 is 0 Å². The average molecular weight is 409 g/mol. The molecule has 30 heavy (non-hydrogen) atoms. The second-order valence-electron chi connectivity index (χ2n) is 7.78. The molecular weight excluding hydrogens is 376 g/mol. The first-order valence-electron chi connectivity index (χ1n) is 11.0. The predicted molar refractivity (Wildman–Crippen MR) is 119 cm³/mol. The topological polar surface area (TPSA) is 58.6 Å². The Morgan fingerprint density at radius 2 is 1.70 bits per heavy atom. The highest BCUT2D eigenvalue weighted by Crippen LogP contribution is 2.23. The maximum Gasteiger partial charge on any atom is 0.253 e. The smallest absolute Gasteiger partial charge is 0.253 e. The molecule has 0 unspecified atom stereocenters. The summed E-state index contributed by atoms with van der Waals surface area (Å²) in [5.74, 6) is 0.797. The molecule has 1 N–H and O–H groups in total. The Balaban J connectivity index is 1.53. The molecule has 160 valence electrons. The van der Waals surface area contributed by atoms with Gasteiger partial charge in [0.25, 0.3) is 5.91 Å². The Bertz CT molecular complexity index is 812. The molecule has 2 aromatic rings. The lowest BCUT2D eigenvalue weighted by Gasteiger charge is -2.33. The van der Waals surface area contributed by atoms with Crippen molar-refractivity contribution in [3.05, 3.63) is 65.7 Å². The van der Waals surface area contributed by atoms with Crippen LogP contribution in [0.4, 0.5) is 0 Å². The molecule has 0 saturated carbocycles. The number of piperidine rings is 1. The first-order chi connectivity index (χ1) is 14.6. The predicted octanol–water partition coefficient (Wildman–Crippen LogP) is 4.39. The van der Waals surface area contributed by atoms with Crippen molar-refractivity contribution in [3.8, 4) is 5.75 Å². The van der Waals surface area contributed by atoms with Gasteiger partial charge < -0.3 is 15.0 Å². The molecule has 0 aliphatic carbocycles. The quantitative estimate of drug-likeness (QED) is 0.705. The number of benzene rings is 2. The Hall–Kier alpha value is -2.82. The average Bonchev–Trinajstić information content (AvgIpc) is 2.79. The van der Waals surface area contributed by atoms with Gasteiger partial charge in [0.1, 0.15) is 5.75 Å². The molecule has 1 aliphatic rings. The molecular formula is C25H32N2O3. The van der Waals surface area contributed by atoms with E-state index in [2.05, 4.69) is 12.2 Å². The second-order valence-corrected chi connectivity index (χ2v) is 7.78. The van der Waals surface area contributed by atoms with Crippen LogP contribution in [0.2, 0.25) is 0 Å². The van der Waals surface area contributed by atoms with Crippen molar-refractivity contribution in [1.29, 1.82) is 0 Å². The molecule has 1 atom stereocenters. The third-order valence-corrected chi connectivity index (χ3v) is 5.64. The number of ether oxygens (including phenoxy) is 1. The van der Waals surface area contributed by atoms with Crippen molar-refractivity contribution in [2.75, 3.05) is 19.7 Å². The Morgan fingerprint density at radius 1 is 1.03 bits per heavy atom. The monoisotopic (exact) mass is 408 g/mol. The van der Waals surface area contributed by atoms with Crippen LogP contribution in [0.5, 0.6) is 5.75 Å². The van der Waals surface area contributed by atoms with Gasteiger partial charge in [-0.1, -0.05) is 43.7 Å². The van der Waals surface area contributed by atoms with Crippen LogP contribution in [0.3, 0.4) is 0 Å². The first kappa shape index (κ1) is 21.9. The third kappa shape index (κ3) is 5.62. The minimum Gasteiger partial charge on any atom is -0.494 e. The number of nitrogens with one attached hydrogen (secondary N) is 1. The van der Waals surface area contributed by atoms with Crippen molar-refractivity contribution in [2.45, 2.75) is 51.5 Å². The molecule has 0 spiro atoms. The molecule has 0 radical (unpaired) electrons. The highest BCUT2D eigenvalue weighted by atomic mass is 16.5. The molecule has 1 fully saturated rings. The van der Waals surface area contributed by atoms with Crippen molar-refractivity contribution in [2.24, 2.45) is 0 Å². The maximum absolute atomic E-state index is 12.9. The van der Waals surface area contributed by atoms with Gasteiger partial charge in [0.2, 0.25) is 5.91 Å². The lowest BCUT2D eigenvalue weighted by Crippen LogP contribution is -2.47. The number of rotatable bonds is 8. The van der Waals surface area contributed by atoms with Crippen LogP contribution in [0.15, 0.2) is 54.6 Å². The van der Waals surface area contributed by atoms with Gasteiger partial charge in [0, 0.05) is 24.7 Å². The zero-order valence-electron chi connectivity index (χ0n) is 18.0. The van der Waals surface area contributed by atoms with Crippen LogP contribution in [-0.2, 0) is 4.79 Å². The van der Waals surface area contributed by atoms with Crippen LogP contribution in [0, 0.1) is 0 Å². The van der Waals surface area contributed by atoms with Gasteiger partial charge in [-0.25, -0.2) is 0 Å². The summed E-state index contributed by atoms with van der Waals surface area (Å²) in [7, 11) is 0. The van der Waals surface area contributed by atoms with E-state index in [4.69, 9.17) is 4.74 Å². The normalized spacial score (nSPS) is 15.5. The van der Waals surface area contributed by atoms with Gasteiger partial charge in [-0.3, -0.25) is 9.59 Å². The molecule has 2 aromatic carbocycles. The van der Waals surface area contributed by atoms with E-state index in [1.165, 1.54) is 0 Å². The van der Waals surface area contributed by atoms with Gasteiger partial charge in [-0.05, 0) is 56.0 Å². The number of likely N-dealkylation sites (tertiary alicyclic amines) is 1. The van der Waals surface area contributed by atoms with Crippen LogP contribution in [0.25, 0.3) is 0 Å². The van der Waals surface area contributed by atoms with E-state index in [1.54, 1.807) is 0 Å². The van der Waals surface area contributed by atoms with Crippen LogP contribution in [-0.4, -0.2) is 42.5 Å². The standard InChI is InChI=1S/C25H32N2O3/c1-3-8-23(19-9-6-5-7-10-19)24(28)26-21-15-17-27(18-16-21)25(29)20-11-13-22(14-12-20)30-4-2/h5-7,9-14,21,23H,3-4,8,15-18H2,1-2H3,(H,26,28)/t23-/m0/s1. The van der Waals surface area contributed by atoms with E-state index >= 15 is 0 Å². The van der Waals surface area contributed by atoms with E-state index < -0.39 is 0 Å². The zero-order chi connectivity index (χ0) is 21.3. The third-order valence-electron chi connectivity index (χ3n) is 5.64. The maximum atomic E-state index is 12.9. The summed E-state index contributed by atoms with van der Waals surface area (Å²) >= 11 is 0. The van der Waals surface area contributed by atoms with Crippen molar-refractivity contribution in [1.82, 2.24) is 10.2 Å². The molecule has 2 amide bonds. The molecule has 0 bridgehead atoms. The number of hydrogen-bond acceptors (Lipinski definition) is 3. The minimum absolute atomic E-state index is 0.0379. The van der Waals surface area contributed by atoms with Crippen LogP contribution >= 0.6 is 0 Å². The number of hydrogen-bond donors (Lipinski definition) is 1. The van der Waals surface area contributed by atoms with E-state index in [1.807, 2.05) is 66.4 Å². The van der Waals surface area contributed by atoms with E-state index in [0.29, 0.717) is 25.3 Å².